The van der Waals surface area contributed by atoms with Crippen molar-refractivity contribution < 1.29 is 14.7 Å². The Kier molecular flexibility index (Phi) is 5.66. The number of carbonyl (C=O) groups is 2. The molecule has 1 amide bonds. The van der Waals surface area contributed by atoms with Crippen molar-refractivity contribution in [3.8, 4) is 0 Å². The van der Waals surface area contributed by atoms with Crippen molar-refractivity contribution in [2.24, 2.45) is 0 Å². The van der Waals surface area contributed by atoms with E-state index in [1.165, 1.54) is 12.1 Å². The number of carbonyl (C=O) groups excluding carboxylic acids is 1. The van der Waals surface area contributed by atoms with E-state index >= 15 is 0 Å². The molecule has 1 aliphatic rings. The largest absolute Gasteiger partial charge is 0.478 e. The predicted molar refractivity (Wildman–Crippen MR) is 100 cm³/mol. The van der Waals surface area contributed by atoms with Crippen LogP contribution in [-0.4, -0.2) is 39.9 Å². The number of nitrogens with zero attached hydrogens (tertiary/aromatic N) is 1. The van der Waals surface area contributed by atoms with Crippen LogP contribution < -0.4 is 0 Å². The molecule has 2 aromatic carbocycles. The zero-order valence-electron chi connectivity index (χ0n) is 13.5. The van der Waals surface area contributed by atoms with E-state index in [-0.39, 0.29) is 23.9 Å². The third-order valence-electron chi connectivity index (χ3n) is 4.26. The molecule has 2 aromatic rings. The molecule has 1 saturated heterocycles. The molecule has 1 fully saturated rings. The van der Waals surface area contributed by atoms with Crippen LogP contribution in [0.25, 0.3) is 0 Å². The molecular formula is C19H18ClNO3S. The number of amides is 1. The molecule has 1 N–H and O–H groups in total. The average Bonchev–Trinajstić information content (AvgIpc) is 2.63. The smallest absolute Gasteiger partial charge is 0.335 e. The number of carboxylic acid groups (broad SMARTS) is 1. The molecule has 1 heterocycles. The van der Waals surface area contributed by atoms with Crippen LogP contribution in [0.5, 0.6) is 0 Å². The molecule has 0 aromatic heterocycles. The van der Waals surface area contributed by atoms with E-state index in [0.29, 0.717) is 11.6 Å². The van der Waals surface area contributed by atoms with Gasteiger partial charge in [-0.15, -0.1) is 0 Å². The molecule has 0 aliphatic carbocycles. The third-order valence-corrected chi connectivity index (χ3v) is 5.53. The molecule has 6 heteroatoms. The average molecular weight is 376 g/mol. The first-order valence-electron chi connectivity index (χ1n) is 7.99. The number of thioether (sulfide) groups is 1. The van der Waals surface area contributed by atoms with E-state index in [0.717, 1.165) is 22.6 Å². The first kappa shape index (κ1) is 17.8. The van der Waals surface area contributed by atoms with Gasteiger partial charge in [-0.3, -0.25) is 4.79 Å². The quantitative estimate of drug-likeness (QED) is 0.880. The fourth-order valence-electron chi connectivity index (χ4n) is 2.90. The lowest BCUT2D eigenvalue weighted by Crippen LogP contribution is -2.41. The first-order chi connectivity index (χ1) is 12.0. The number of rotatable bonds is 4. The second-order valence-corrected chi connectivity index (χ2v) is 7.49. The van der Waals surface area contributed by atoms with Crippen LogP contribution in [0, 0.1) is 0 Å². The molecule has 1 atom stereocenters. The highest BCUT2D eigenvalue weighted by molar-refractivity contribution is 7.99. The van der Waals surface area contributed by atoms with Crippen LogP contribution in [0.15, 0.2) is 48.5 Å². The lowest BCUT2D eigenvalue weighted by atomic mass is 10.0. The van der Waals surface area contributed by atoms with Gasteiger partial charge in [0.05, 0.1) is 18.0 Å². The van der Waals surface area contributed by atoms with Crippen molar-refractivity contribution in [2.45, 2.75) is 12.5 Å². The molecule has 0 spiro atoms. The van der Waals surface area contributed by atoms with Crippen molar-refractivity contribution in [3.63, 3.8) is 0 Å². The standard InChI is InChI=1S/C19H18ClNO3S/c20-16-7-5-14(6-8-16)17-12-25-10-9-21(17)18(22)11-13-1-3-15(4-2-13)19(23)24/h1-8,17H,9-12H2,(H,23,24). The minimum atomic E-state index is -0.964. The highest BCUT2D eigenvalue weighted by atomic mass is 35.5. The van der Waals surface area contributed by atoms with Gasteiger partial charge < -0.3 is 10.0 Å². The Balaban J connectivity index is 1.74. The highest BCUT2D eigenvalue weighted by Gasteiger charge is 2.28. The molecule has 0 saturated carbocycles. The van der Waals surface area contributed by atoms with Gasteiger partial charge in [-0.2, -0.15) is 11.8 Å². The number of halogens is 1. The number of hydrogen-bond acceptors (Lipinski definition) is 3. The summed E-state index contributed by atoms with van der Waals surface area (Å²) in [6.07, 6.45) is 0.272. The maximum Gasteiger partial charge on any atom is 0.335 e. The van der Waals surface area contributed by atoms with Crippen LogP contribution in [0.4, 0.5) is 0 Å². The summed E-state index contributed by atoms with van der Waals surface area (Å²) in [6, 6.07) is 14.2. The predicted octanol–water partition coefficient (Wildman–Crippen LogP) is 3.90. The van der Waals surface area contributed by atoms with E-state index in [1.807, 2.05) is 40.9 Å². The van der Waals surface area contributed by atoms with Crippen LogP contribution in [0.2, 0.25) is 5.02 Å². The topological polar surface area (TPSA) is 57.6 Å². The number of benzene rings is 2. The number of aromatic carboxylic acids is 1. The molecule has 0 bridgehead atoms. The summed E-state index contributed by atoms with van der Waals surface area (Å²) in [7, 11) is 0. The zero-order valence-corrected chi connectivity index (χ0v) is 15.1. The highest BCUT2D eigenvalue weighted by Crippen LogP contribution is 2.30. The van der Waals surface area contributed by atoms with Crippen molar-refractivity contribution in [2.75, 3.05) is 18.1 Å². The Labute approximate surface area is 155 Å². The Morgan fingerprint density at radius 3 is 2.44 bits per heavy atom. The summed E-state index contributed by atoms with van der Waals surface area (Å²) in [6.45, 7) is 0.712. The molecule has 25 heavy (non-hydrogen) atoms. The third kappa shape index (κ3) is 4.35. The minimum absolute atomic E-state index is 0.0433. The normalized spacial score (nSPS) is 17.3. The Hall–Kier alpha value is -1.98. The fraction of sp³-hybridized carbons (Fsp3) is 0.263. The van der Waals surface area contributed by atoms with E-state index in [1.54, 1.807) is 12.1 Å². The van der Waals surface area contributed by atoms with Gasteiger partial charge in [-0.1, -0.05) is 35.9 Å². The number of carboxylic acids is 1. The van der Waals surface area contributed by atoms with Crippen molar-refractivity contribution >= 4 is 35.2 Å². The second kappa shape index (κ2) is 7.93. The Morgan fingerprint density at radius 2 is 1.80 bits per heavy atom. The fourth-order valence-corrected chi connectivity index (χ4v) is 4.12. The van der Waals surface area contributed by atoms with E-state index < -0.39 is 5.97 Å². The molecule has 3 rings (SSSR count). The van der Waals surface area contributed by atoms with E-state index in [4.69, 9.17) is 16.7 Å². The summed E-state index contributed by atoms with van der Waals surface area (Å²) < 4.78 is 0. The van der Waals surface area contributed by atoms with Crippen LogP contribution in [0.1, 0.15) is 27.5 Å². The second-order valence-electron chi connectivity index (χ2n) is 5.91. The summed E-state index contributed by atoms with van der Waals surface area (Å²) in [5, 5.41) is 9.64. The molecule has 1 unspecified atom stereocenters. The van der Waals surface area contributed by atoms with Crippen LogP contribution >= 0.6 is 23.4 Å². The molecule has 130 valence electrons. The first-order valence-corrected chi connectivity index (χ1v) is 9.53. The van der Waals surface area contributed by atoms with Crippen LogP contribution in [0.3, 0.4) is 0 Å². The van der Waals surface area contributed by atoms with E-state index in [2.05, 4.69) is 0 Å². The Morgan fingerprint density at radius 1 is 1.12 bits per heavy atom. The number of hydrogen-bond donors (Lipinski definition) is 1. The molecule has 4 nitrogen and oxygen atoms in total. The summed E-state index contributed by atoms with van der Waals surface area (Å²) >= 11 is 7.81. The molecular weight excluding hydrogens is 358 g/mol. The van der Waals surface area contributed by atoms with Crippen molar-refractivity contribution in [1.82, 2.24) is 4.90 Å². The van der Waals surface area contributed by atoms with Crippen molar-refractivity contribution in [1.29, 1.82) is 0 Å². The molecule has 0 radical (unpaired) electrons. The minimum Gasteiger partial charge on any atom is -0.478 e. The van der Waals surface area contributed by atoms with Crippen molar-refractivity contribution in [3.05, 3.63) is 70.2 Å². The van der Waals surface area contributed by atoms with Gasteiger partial charge >= 0.3 is 5.97 Å². The Bertz CT molecular complexity index is 761. The van der Waals surface area contributed by atoms with E-state index in [9.17, 15) is 9.59 Å². The van der Waals surface area contributed by atoms with Crippen LogP contribution in [-0.2, 0) is 11.2 Å². The van der Waals surface area contributed by atoms with Gasteiger partial charge in [0.2, 0.25) is 5.91 Å². The van der Waals surface area contributed by atoms with Gasteiger partial charge in [0.15, 0.2) is 0 Å². The summed E-state index contributed by atoms with van der Waals surface area (Å²) in [4.78, 5) is 25.7. The van der Waals surface area contributed by atoms with Gasteiger partial charge in [-0.25, -0.2) is 4.79 Å². The SMILES string of the molecule is O=C(O)c1ccc(CC(=O)N2CCSCC2c2ccc(Cl)cc2)cc1. The maximum atomic E-state index is 12.8. The van der Waals surface area contributed by atoms with Gasteiger partial charge in [-0.05, 0) is 35.4 Å². The summed E-state index contributed by atoms with van der Waals surface area (Å²) in [5.74, 6) is 0.885. The van der Waals surface area contributed by atoms with Gasteiger partial charge in [0.25, 0.3) is 0 Å². The maximum absolute atomic E-state index is 12.8. The summed E-state index contributed by atoms with van der Waals surface area (Å²) in [5.41, 5.74) is 2.14. The van der Waals surface area contributed by atoms with Gasteiger partial charge in [0.1, 0.15) is 0 Å². The van der Waals surface area contributed by atoms with Gasteiger partial charge in [0, 0.05) is 23.1 Å². The lowest BCUT2D eigenvalue weighted by molar-refractivity contribution is -0.132. The molecule has 1 aliphatic heterocycles. The lowest BCUT2D eigenvalue weighted by Gasteiger charge is -2.36. The monoisotopic (exact) mass is 375 g/mol. The zero-order chi connectivity index (χ0) is 17.8.